The van der Waals surface area contributed by atoms with Gasteiger partial charge in [0.15, 0.2) is 6.10 Å². The van der Waals surface area contributed by atoms with Crippen molar-refractivity contribution in [2.75, 3.05) is 16.8 Å². The van der Waals surface area contributed by atoms with Crippen LogP contribution in [-0.4, -0.2) is 24.5 Å². The van der Waals surface area contributed by atoms with Gasteiger partial charge in [-0.2, -0.15) is 0 Å². The highest BCUT2D eigenvalue weighted by atomic mass is 16.5. The highest BCUT2D eigenvalue weighted by Gasteiger charge is 2.30. The molecule has 1 aromatic rings. The molecule has 5 heteroatoms. The summed E-state index contributed by atoms with van der Waals surface area (Å²) in [7, 11) is 0. The van der Waals surface area contributed by atoms with E-state index in [1.54, 1.807) is 11.8 Å². The summed E-state index contributed by atoms with van der Waals surface area (Å²) in [5.41, 5.74) is 1.41. The van der Waals surface area contributed by atoms with Crippen molar-refractivity contribution >= 4 is 23.2 Å². The lowest BCUT2D eigenvalue weighted by Gasteiger charge is -2.32. The van der Waals surface area contributed by atoms with Crippen LogP contribution in [0, 0.1) is 5.92 Å². The number of likely N-dealkylation sites (N-methyl/N-ethyl adjacent to an activating group) is 1. The van der Waals surface area contributed by atoms with Crippen LogP contribution in [0.1, 0.15) is 40.5 Å². The van der Waals surface area contributed by atoms with Crippen LogP contribution in [-0.2, 0) is 9.59 Å². The topological polar surface area (TPSA) is 58.6 Å². The molecule has 1 unspecified atom stereocenters. The lowest BCUT2D eigenvalue weighted by Crippen LogP contribution is -2.44. The SMILES string of the molecule is CCC(CC)C(=O)Nc1ccc2c(c1)N(CC)C(=O)C(C)O2. The molecule has 22 heavy (non-hydrogen) atoms. The number of ether oxygens (including phenoxy) is 1. The Hall–Kier alpha value is -2.04. The number of carbonyl (C=O) groups is 2. The molecular formula is C17H24N2O3. The van der Waals surface area contributed by atoms with Crippen LogP contribution in [0.5, 0.6) is 5.75 Å². The standard InChI is InChI=1S/C17H24N2O3/c1-5-12(6-2)16(20)18-13-8-9-15-14(10-13)19(7-3)17(21)11(4)22-15/h8-12H,5-7H2,1-4H3,(H,18,20). The first-order valence-electron chi connectivity index (χ1n) is 7.94. The Balaban J connectivity index is 2.26. The first kappa shape index (κ1) is 16.3. The molecule has 0 bridgehead atoms. The number of nitrogens with one attached hydrogen (secondary N) is 1. The fourth-order valence-electron chi connectivity index (χ4n) is 2.71. The van der Waals surface area contributed by atoms with E-state index in [2.05, 4.69) is 5.32 Å². The van der Waals surface area contributed by atoms with Gasteiger partial charge in [0.05, 0.1) is 5.69 Å². The van der Waals surface area contributed by atoms with Gasteiger partial charge in [0, 0.05) is 18.2 Å². The predicted molar refractivity (Wildman–Crippen MR) is 87.3 cm³/mol. The van der Waals surface area contributed by atoms with Gasteiger partial charge in [-0.3, -0.25) is 9.59 Å². The number of benzene rings is 1. The average Bonchev–Trinajstić information content (AvgIpc) is 2.50. The summed E-state index contributed by atoms with van der Waals surface area (Å²) < 4.78 is 5.62. The maximum absolute atomic E-state index is 12.2. The van der Waals surface area contributed by atoms with E-state index in [0.29, 0.717) is 23.7 Å². The molecule has 2 rings (SSSR count). The molecule has 0 saturated heterocycles. The first-order chi connectivity index (χ1) is 10.5. The number of hydrogen-bond acceptors (Lipinski definition) is 3. The minimum atomic E-state index is -0.475. The zero-order valence-electron chi connectivity index (χ0n) is 13.7. The summed E-state index contributed by atoms with van der Waals surface area (Å²) in [6, 6.07) is 5.43. The zero-order chi connectivity index (χ0) is 16.3. The van der Waals surface area contributed by atoms with Crippen LogP contribution in [0.2, 0.25) is 0 Å². The molecule has 1 aliphatic rings. The Morgan fingerprint density at radius 2 is 2.00 bits per heavy atom. The Bertz CT molecular complexity index is 567. The number of nitrogens with zero attached hydrogens (tertiary/aromatic N) is 1. The molecular weight excluding hydrogens is 280 g/mol. The molecule has 1 atom stereocenters. The first-order valence-corrected chi connectivity index (χ1v) is 7.94. The van der Waals surface area contributed by atoms with Gasteiger partial charge < -0.3 is 15.0 Å². The van der Waals surface area contributed by atoms with Crippen molar-refractivity contribution in [3.05, 3.63) is 18.2 Å². The van der Waals surface area contributed by atoms with Gasteiger partial charge in [-0.25, -0.2) is 0 Å². The van der Waals surface area contributed by atoms with Crippen LogP contribution in [0.15, 0.2) is 18.2 Å². The maximum atomic E-state index is 12.2. The van der Waals surface area contributed by atoms with E-state index >= 15 is 0 Å². The maximum Gasteiger partial charge on any atom is 0.267 e. The highest BCUT2D eigenvalue weighted by Crippen LogP contribution is 2.36. The Kier molecular flexibility index (Phi) is 5.06. The number of fused-ring (bicyclic) bond motifs is 1. The third-order valence-corrected chi connectivity index (χ3v) is 4.11. The normalized spacial score (nSPS) is 17.2. The van der Waals surface area contributed by atoms with Gasteiger partial charge in [0.1, 0.15) is 5.75 Å². The van der Waals surface area contributed by atoms with E-state index in [-0.39, 0.29) is 17.7 Å². The minimum Gasteiger partial charge on any atom is -0.479 e. The second-order valence-electron chi connectivity index (χ2n) is 5.53. The number of amides is 2. The Morgan fingerprint density at radius 1 is 1.32 bits per heavy atom. The van der Waals surface area contributed by atoms with Crippen LogP contribution in [0.4, 0.5) is 11.4 Å². The Labute approximate surface area is 131 Å². The molecule has 5 nitrogen and oxygen atoms in total. The predicted octanol–water partition coefficient (Wildman–Crippen LogP) is 3.20. The van der Waals surface area contributed by atoms with Gasteiger partial charge in [-0.1, -0.05) is 13.8 Å². The summed E-state index contributed by atoms with van der Waals surface area (Å²) in [5.74, 6) is 0.647. The fourth-order valence-corrected chi connectivity index (χ4v) is 2.71. The van der Waals surface area contributed by atoms with Crippen LogP contribution < -0.4 is 15.0 Å². The second kappa shape index (κ2) is 6.81. The molecule has 0 spiro atoms. The second-order valence-corrected chi connectivity index (χ2v) is 5.53. The van der Waals surface area contributed by atoms with E-state index in [1.807, 2.05) is 39.0 Å². The summed E-state index contributed by atoms with van der Waals surface area (Å²) >= 11 is 0. The van der Waals surface area contributed by atoms with Gasteiger partial charge in [0.2, 0.25) is 5.91 Å². The molecule has 120 valence electrons. The number of carbonyl (C=O) groups excluding carboxylic acids is 2. The molecule has 1 aliphatic heterocycles. The molecule has 1 aromatic carbocycles. The molecule has 0 aliphatic carbocycles. The lowest BCUT2D eigenvalue weighted by molar-refractivity contribution is -0.125. The van der Waals surface area contributed by atoms with Gasteiger partial charge in [-0.05, 0) is 44.9 Å². The van der Waals surface area contributed by atoms with Gasteiger partial charge in [0.25, 0.3) is 5.91 Å². The quantitative estimate of drug-likeness (QED) is 0.909. The smallest absolute Gasteiger partial charge is 0.267 e. The fraction of sp³-hybridized carbons (Fsp3) is 0.529. The van der Waals surface area contributed by atoms with Crippen molar-refractivity contribution in [2.45, 2.75) is 46.6 Å². The van der Waals surface area contributed by atoms with Gasteiger partial charge in [-0.15, -0.1) is 0 Å². The number of hydrogen-bond donors (Lipinski definition) is 1. The monoisotopic (exact) mass is 304 g/mol. The van der Waals surface area contributed by atoms with Crippen molar-refractivity contribution in [1.29, 1.82) is 0 Å². The molecule has 2 amide bonds. The average molecular weight is 304 g/mol. The van der Waals surface area contributed by atoms with Crippen LogP contribution >= 0.6 is 0 Å². The van der Waals surface area contributed by atoms with E-state index in [4.69, 9.17) is 4.74 Å². The van der Waals surface area contributed by atoms with E-state index < -0.39 is 6.10 Å². The van der Waals surface area contributed by atoms with Gasteiger partial charge >= 0.3 is 0 Å². The van der Waals surface area contributed by atoms with E-state index in [0.717, 1.165) is 12.8 Å². The highest BCUT2D eigenvalue weighted by molar-refractivity contribution is 6.01. The molecule has 0 fully saturated rings. The molecule has 0 saturated carbocycles. The summed E-state index contributed by atoms with van der Waals surface area (Å²) in [5, 5.41) is 2.93. The van der Waals surface area contributed by atoms with E-state index in [9.17, 15) is 9.59 Å². The minimum absolute atomic E-state index is 0.0104. The van der Waals surface area contributed by atoms with Crippen molar-refractivity contribution in [1.82, 2.24) is 0 Å². The van der Waals surface area contributed by atoms with Crippen molar-refractivity contribution in [3.8, 4) is 5.75 Å². The lowest BCUT2D eigenvalue weighted by atomic mass is 10.0. The number of rotatable bonds is 5. The third kappa shape index (κ3) is 3.08. The summed E-state index contributed by atoms with van der Waals surface area (Å²) in [4.78, 5) is 26.0. The van der Waals surface area contributed by atoms with Crippen molar-refractivity contribution in [3.63, 3.8) is 0 Å². The number of anilines is 2. The van der Waals surface area contributed by atoms with Crippen LogP contribution in [0.3, 0.4) is 0 Å². The van der Waals surface area contributed by atoms with Crippen molar-refractivity contribution in [2.24, 2.45) is 5.92 Å². The van der Waals surface area contributed by atoms with Crippen molar-refractivity contribution < 1.29 is 14.3 Å². The summed E-state index contributed by atoms with van der Waals surface area (Å²) in [6.07, 6.45) is 1.15. The molecule has 1 heterocycles. The molecule has 1 N–H and O–H groups in total. The van der Waals surface area contributed by atoms with Crippen LogP contribution in [0.25, 0.3) is 0 Å². The third-order valence-electron chi connectivity index (χ3n) is 4.11. The molecule has 0 aromatic heterocycles. The Morgan fingerprint density at radius 3 is 2.59 bits per heavy atom. The molecule has 0 radical (unpaired) electrons. The summed E-state index contributed by atoms with van der Waals surface area (Å²) in [6.45, 7) is 8.26. The largest absolute Gasteiger partial charge is 0.479 e. The zero-order valence-corrected chi connectivity index (χ0v) is 13.7. The van der Waals surface area contributed by atoms with E-state index in [1.165, 1.54) is 0 Å².